The molecule has 1 saturated carbocycles. The lowest BCUT2D eigenvalue weighted by Gasteiger charge is -2.22. The molecule has 3 atom stereocenters. The van der Waals surface area contributed by atoms with Crippen LogP contribution in [0.2, 0.25) is 0 Å². The van der Waals surface area contributed by atoms with Crippen LogP contribution in [0.15, 0.2) is 24.4 Å². The molecular formula is C30H32F3N5O3S. The first-order valence-electron chi connectivity index (χ1n) is 14.1. The van der Waals surface area contributed by atoms with Crippen molar-refractivity contribution in [3.63, 3.8) is 0 Å². The van der Waals surface area contributed by atoms with Crippen molar-refractivity contribution in [2.24, 2.45) is 17.3 Å². The molecule has 0 bridgehead atoms. The maximum Gasteiger partial charge on any atom is 0.433 e. The Balaban J connectivity index is 1.39. The summed E-state index contributed by atoms with van der Waals surface area (Å²) in [7, 11) is 0. The Kier molecular flexibility index (Phi) is 6.73. The number of aryl methyl sites for hydroxylation is 1. The van der Waals surface area contributed by atoms with Crippen LogP contribution in [0.1, 0.15) is 60.6 Å². The van der Waals surface area contributed by atoms with Gasteiger partial charge < -0.3 is 10.2 Å². The summed E-state index contributed by atoms with van der Waals surface area (Å²) in [5.41, 5.74) is -0.288. The van der Waals surface area contributed by atoms with Gasteiger partial charge in [-0.25, -0.2) is 4.98 Å². The minimum atomic E-state index is -4.71. The average Bonchev–Trinajstić information content (AvgIpc) is 3.30. The van der Waals surface area contributed by atoms with Crippen molar-refractivity contribution in [2.75, 3.05) is 13.1 Å². The predicted octanol–water partition coefficient (Wildman–Crippen LogP) is 5.04. The number of nitrogens with one attached hydrogen (secondary N) is 1. The van der Waals surface area contributed by atoms with Crippen molar-refractivity contribution in [1.29, 1.82) is 0 Å². The number of carbonyl (C=O) groups is 3. The molecule has 5 heterocycles. The van der Waals surface area contributed by atoms with E-state index in [1.54, 1.807) is 17.0 Å². The lowest BCUT2D eigenvalue weighted by molar-refractivity contribution is -0.144. The molecule has 3 unspecified atom stereocenters. The zero-order chi connectivity index (χ0) is 30.3. The van der Waals surface area contributed by atoms with Gasteiger partial charge in [0.2, 0.25) is 11.8 Å². The molecule has 42 heavy (non-hydrogen) atoms. The summed E-state index contributed by atoms with van der Waals surface area (Å²) in [4.78, 5) is 51.7. The van der Waals surface area contributed by atoms with E-state index in [1.807, 2.05) is 27.7 Å². The van der Waals surface area contributed by atoms with Crippen LogP contribution in [0.3, 0.4) is 0 Å². The Morgan fingerprint density at radius 2 is 1.88 bits per heavy atom. The number of thiophene rings is 1. The van der Waals surface area contributed by atoms with Crippen molar-refractivity contribution < 1.29 is 27.6 Å². The van der Waals surface area contributed by atoms with Gasteiger partial charge in [0.05, 0.1) is 39.9 Å². The minimum absolute atomic E-state index is 0.0512. The van der Waals surface area contributed by atoms with Crippen LogP contribution in [0.5, 0.6) is 0 Å². The highest BCUT2D eigenvalue weighted by molar-refractivity contribution is 7.19. The van der Waals surface area contributed by atoms with E-state index in [2.05, 4.69) is 15.3 Å². The van der Waals surface area contributed by atoms with Gasteiger partial charge in [-0.3, -0.25) is 24.3 Å². The molecule has 6 rings (SSSR count). The first-order valence-corrected chi connectivity index (χ1v) is 14.9. The van der Waals surface area contributed by atoms with E-state index in [0.29, 0.717) is 33.7 Å². The van der Waals surface area contributed by atoms with Crippen molar-refractivity contribution in [2.45, 2.75) is 65.8 Å². The maximum atomic E-state index is 13.9. The highest BCUT2D eigenvalue weighted by Gasteiger charge is 2.72. The fraction of sp³-hybridized carbons (Fsp3) is 0.500. The molecule has 3 amide bonds. The summed E-state index contributed by atoms with van der Waals surface area (Å²) in [6.45, 7) is 10.4. The summed E-state index contributed by atoms with van der Waals surface area (Å²) >= 11 is 1.24. The van der Waals surface area contributed by atoms with Crippen molar-refractivity contribution in [3.8, 4) is 11.3 Å². The molecule has 2 aliphatic heterocycles. The molecule has 12 heteroatoms. The number of rotatable bonds is 6. The summed E-state index contributed by atoms with van der Waals surface area (Å²) < 4.78 is 42.3. The Bertz CT molecular complexity index is 1610. The topological polar surface area (TPSA) is 95.5 Å². The number of halogens is 3. The second kappa shape index (κ2) is 9.84. The molecule has 0 spiro atoms. The zero-order valence-corrected chi connectivity index (χ0v) is 24.8. The van der Waals surface area contributed by atoms with Crippen LogP contribution in [-0.2, 0) is 22.3 Å². The highest BCUT2D eigenvalue weighted by atomic mass is 32.1. The van der Waals surface area contributed by atoms with Gasteiger partial charge in [-0.1, -0.05) is 27.7 Å². The second-order valence-corrected chi connectivity index (χ2v) is 13.6. The average molecular weight is 600 g/mol. The Labute approximate surface area is 245 Å². The van der Waals surface area contributed by atoms with Gasteiger partial charge in [0.15, 0.2) is 0 Å². The summed E-state index contributed by atoms with van der Waals surface area (Å²) in [5, 5.41) is 3.42. The number of fused-ring (bicyclic) bond motifs is 2. The monoisotopic (exact) mass is 599 g/mol. The van der Waals surface area contributed by atoms with Gasteiger partial charge in [0.1, 0.15) is 5.69 Å². The number of hydrogen-bond acceptors (Lipinski definition) is 7. The maximum absolute atomic E-state index is 13.9. The quantitative estimate of drug-likeness (QED) is 0.399. The number of amides is 3. The number of imide groups is 1. The molecule has 0 radical (unpaired) electrons. The molecule has 3 aromatic rings. The lowest BCUT2D eigenvalue weighted by atomic mass is 9.99. The van der Waals surface area contributed by atoms with E-state index in [4.69, 9.17) is 0 Å². The molecule has 0 aromatic carbocycles. The normalized spacial score (nSPS) is 23.4. The van der Waals surface area contributed by atoms with Crippen LogP contribution >= 0.6 is 11.3 Å². The number of aromatic nitrogens is 2. The number of pyridine rings is 2. The Hall–Kier alpha value is -3.38. The van der Waals surface area contributed by atoms with Gasteiger partial charge in [0, 0.05) is 41.8 Å². The Morgan fingerprint density at radius 3 is 2.52 bits per heavy atom. The standard InChI is InChI=1S/C30H32F3N5O3S/c1-14(2)35-16-7-9-37(12-16)26(39)21-15(3)10-20(30(31,32)33)36-24(21)18-6-8-34-19-11-17(42-25(18)19)13-38-27(40)22-23(28(38)41)29(22,4)5/h6,8,10-11,14,16,22-23,35H,7,9,12-13H2,1-5H3. The van der Waals surface area contributed by atoms with Gasteiger partial charge in [-0.2, -0.15) is 13.2 Å². The van der Waals surface area contributed by atoms with Crippen LogP contribution in [-0.4, -0.2) is 62.7 Å². The van der Waals surface area contributed by atoms with E-state index in [-0.39, 0.29) is 70.4 Å². The van der Waals surface area contributed by atoms with Crippen molar-refractivity contribution in [1.82, 2.24) is 25.1 Å². The zero-order valence-electron chi connectivity index (χ0n) is 24.0. The number of alkyl halides is 3. The third kappa shape index (κ3) is 4.68. The number of hydrogen-bond donors (Lipinski definition) is 1. The fourth-order valence-corrected chi connectivity index (χ4v) is 7.68. The van der Waals surface area contributed by atoms with Crippen LogP contribution < -0.4 is 5.32 Å². The molecular weight excluding hydrogens is 567 g/mol. The summed E-state index contributed by atoms with van der Waals surface area (Å²) in [6.07, 6.45) is -2.49. The number of nitrogens with zero attached hydrogens (tertiary/aromatic N) is 4. The first kappa shape index (κ1) is 28.7. The van der Waals surface area contributed by atoms with Crippen LogP contribution in [0, 0.1) is 24.2 Å². The highest BCUT2D eigenvalue weighted by Crippen LogP contribution is 2.63. The molecule has 3 aromatic heterocycles. The van der Waals surface area contributed by atoms with Gasteiger partial charge in [0.25, 0.3) is 5.91 Å². The first-order chi connectivity index (χ1) is 19.7. The SMILES string of the molecule is Cc1cc(C(F)(F)F)nc(-c2ccnc3cc(CN4C(=O)C5C(C4=O)C5(C)C)sc23)c1C(=O)N1CCC(NC(C)C)C1. The van der Waals surface area contributed by atoms with Crippen LogP contribution in [0.4, 0.5) is 13.2 Å². The summed E-state index contributed by atoms with van der Waals surface area (Å²) in [5.74, 6) is -1.37. The number of carbonyl (C=O) groups excluding carboxylic acids is 3. The number of piperidine rings is 1. The summed E-state index contributed by atoms with van der Waals surface area (Å²) in [6, 6.07) is 4.56. The predicted molar refractivity (Wildman–Crippen MR) is 151 cm³/mol. The van der Waals surface area contributed by atoms with Gasteiger partial charge in [-0.05, 0) is 42.5 Å². The lowest BCUT2D eigenvalue weighted by Crippen LogP contribution is -2.38. The van der Waals surface area contributed by atoms with E-state index < -0.39 is 11.9 Å². The largest absolute Gasteiger partial charge is 0.433 e. The molecule has 3 aliphatic rings. The van der Waals surface area contributed by atoms with E-state index in [9.17, 15) is 27.6 Å². The molecule has 2 saturated heterocycles. The van der Waals surface area contributed by atoms with Gasteiger partial charge in [-0.15, -0.1) is 11.3 Å². The molecule has 1 N–H and O–H groups in total. The van der Waals surface area contributed by atoms with Crippen molar-refractivity contribution >= 4 is 39.3 Å². The third-order valence-electron chi connectivity index (χ3n) is 8.69. The molecule has 222 valence electrons. The second-order valence-electron chi connectivity index (χ2n) is 12.4. The third-order valence-corrected chi connectivity index (χ3v) is 9.83. The smallest absolute Gasteiger partial charge is 0.337 e. The van der Waals surface area contributed by atoms with Gasteiger partial charge >= 0.3 is 6.18 Å². The molecule has 1 aliphatic carbocycles. The fourth-order valence-electron chi connectivity index (χ4n) is 6.56. The number of likely N-dealkylation sites (tertiary alicyclic amines) is 2. The van der Waals surface area contributed by atoms with Crippen molar-refractivity contribution in [3.05, 3.63) is 46.1 Å². The minimum Gasteiger partial charge on any atom is -0.337 e. The van der Waals surface area contributed by atoms with E-state index in [0.717, 1.165) is 12.5 Å². The molecule has 3 fully saturated rings. The van der Waals surface area contributed by atoms with E-state index >= 15 is 0 Å². The molecule has 8 nitrogen and oxygen atoms in total. The Morgan fingerprint density at radius 1 is 1.19 bits per heavy atom. The van der Waals surface area contributed by atoms with Crippen LogP contribution in [0.25, 0.3) is 21.5 Å². The van der Waals surface area contributed by atoms with E-state index in [1.165, 1.54) is 29.4 Å².